The Bertz CT molecular complexity index is 383. The average molecular weight is 250 g/mol. The van der Waals surface area contributed by atoms with Gasteiger partial charge in [0.15, 0.2) is 0 Å². The van der Waals surface area contributed by atoms with Gasteiger partial charge in [0.25, 0.3) is 0 Å². The highest BCUT2D eigenvalue weighted by atomic mass is 16.5. The molecule has 1 aliphatic heterocycles. The van der Waals surface area contributed by atoms with E-state index in [2.05, 4.69) is 4.98 Å². The molecule has 5 heteroatoms. The highest BCUT2D eigenvalue weighted by Crippen LogP contribution is 2.17. The van der Waals surface area contributed by atoms with Crippen molar-refractivity contribution in [3.8, 4) is 5.75 Å². The van der Waals surface area contributed by atoms with Crippen LogP contribution >= 0.6 is 0 Å². The molecule has 5 nitrogen and oxygen atoms in total. The molecule has 0 aliphatic carbocycles. The van der Waals surface area contributed by atoms with Gasteiger partial charge in [-0.25, -0.2) is 0 Å². The number of hydrogen-bond acceptors (Lipinski definition) is 4. The topological polar surface area (TPSA) is 51.7 Å². The molecule has 1 fully saturated rings. The van der Waals surface area contributed by atoms with Gasteiger partial charge < -0.3 is 14.4 Å². The maximum atomic E-state index is 11.7. The second kappa shape index (κ2) is 6.35. The quantitative estimate of drug-likeness (QED) is 0.785. The van der Waals surface area contributed by atoms with Crippen molar-refractivity contribution in [1.82, 2.24) is 9.88 Å². The van der Waals surface area contributed by atoms with Crippen molar-refractivity contribution >= 4 is 5.91 Å². The van der Waals surface area contributed by atoms with E-state index >= 15 is 0 Å². The van der Waals surface area contributed by atoms with Gasteiger partial charge in [-0.05, 0) is 19.1 Å². The van der Waals surface area contributed by atoms with Gasteiger partial charge in [0, 0.05) is 32.0 Å². The van der Waals surface area contributed by atoms with E-state index in [4.69, 9.17) is 9.47 Å². The number of carbonyl (C=O) groups is 1. The lowest BCUT2D eigenvalue weighted by atomic mass is 10.3. The Morgan fingerprint density at radius 3 is 3.00 bits per heavy atom. The summed E-state index contributed by atoms with van der Waals surface area (Å²) in [5.74, 6) is 0.840. The minimum atomic E-state index is 0.0395. The smallest absolute Gasteiger partial charge is 0.248 e. The SMILES string of the molecule is CCOCC(=O)N1CC[C@H](Oc2ccncc2)C1. The largest absolute Gasteiger partial charge is 0.488 e. The van der Waals surface area contributed by atoms with Gasteiger partial charge in [0.1, 0.15) is 18.5 Å². The minimum absolute atomic E-state index is 0.0395. The molecule has 0 unspecified atom stereocenters. The maximum Gasteiger partial charge on any atom is 0.248 e. The van der Waals surface area contributed by atoms with E-state index in [1.165, 1.54) is 0 Å². The summed E-state index contributed by atoms with van der Waals surface area (Å²) in [5.41, 5.74) is 0. The van der Waals surface area contributed by atoms with E-state index in [0.717, 1.165) is 18.7 Å². The Balaban J connectivity index is 1.80. The maximum absolute atomic E-state index is 11.7. The summed E-state index contributed by atoms with van der Waals surface area (Å²) < 4.78 is 10.9. The van der Waals surface area contributed by atoms with Crippen molar-refractivity contribution < 1.29 is 14.3 Å². The highest BCUT2D eigenvalue weighted by Gasteiger charge is 2.27. The van der Waals surface area contributed by atoms with Crippen LogP contribution in [-0.2, 0) is 9.53 Å². The van der Waals surface area contributed by atoms with E-state index in [9.17, 15) is 4.79 Å². The summed E-state index contributed by atoms with van der Waals surface area (Å²) in [6.07, 6.45) is 4.32. The lowest BCUT2D eigenvalue weighted by Crippen LogP contribution is -2.33. The number of carbonyl (C=O) groups excluding carboxylic acids is 1. The van der Waals surface area contributed by atoms with E-state index in [1.807, 2.05) is 19.1 Å². The number of nitrogens with zero attached hydrogens (tertiary/aromatic N) is 2. The third kappa shape index (κ3) is 3.43. The molecular weight excluding hydrogens is 232 g/mol. The van der Waals surface area contributed by atoms with Gasteiger partial charge in [-0.2, -0.15) is 0 Å². The summed E-state index contributed by atoms with van der Waals surface area (Å²) in [5, 5.41) is 0. The standard InChI is InChI=1S/C13H18N2O3/c1-2-17-10-13(16)15-8-5-12(9-15)18-11-3-6-14-7-4-11/h3-4,6-7,12H,2,5,8-10H2,1H3/t12-/m0/s1. The molecule has 1 amide bonds. The zero-order valence-electron chi connectivity index (χ0n) is 10.5. The number of rotatable bonds is 5. The molecule has 0 radical (unpaired) electrons. The van der Waals surface area contributed by atoms with Gasteiger partial charge in [-0.3, -0.25) is 9.78 Å². The molecule has 0 spiro atoms. The fraction of sp³-hybridized carbons (Fsp3) is 0.538. The van der Waals surface area contributed by atoms with Crippen LogP contribution in [0.2, 0.25) is 0 Å². The van der Waals surface area contributed by atoms with Crippen molar-refractivity contribution in [2.75, 3.05) is 26.3 Å². The monoisotopic (exact) mass is 250 g/mol. The lowest BCUT2D eigenvalue weighted by molar-refractivity contribution is -0.135. The Morgan fingerprint density at radius 1 is 1.50 bits per heavy atom. The molecule has 98 valence electrons. The lowest BCUT2D eigenvalue weighted by Gasteiger charge is -2.17. The molecule has 1 atom stereocenters. The molecule has 2 heterocycles. The molecule has 0 bridgehead atoms. The number of pyridine rings is 1. The van der Waals surface area contributed by atoms with Gasteiger partial charge >= 0.3 is 0 Å². The van der Waals surface area contributed by atoms with Gasteiger partial charge in [0.05, 0.1) is 6.54 Å². The molecule has 0 N–H and O–H groups in total. The first-order chi connectivity index (χ1) is 8.79. The van der Waals surface area contributed by atoms with Crippen LogP contribution in [0.3, 0.4) is 0 Å². The predicted octanol–water partition coefficient (Wildman–Crippen LogP) is 1.10. The molecule has 0 saturated carbocycles. The van der Waals surface area contributed by atoms with E-state index in [0.29, 0.717) is 13.2 Å². The second-order valence-electron chi connectivity index (χ2n) is 4.19. The van der Waals surface area contributed by atoms with Crippen LogP contribution < -0.4 is 4.74 Å². The van der Waals surface area contributed by atoms with Crippen LogP contribution in [0.15, 0.2) is 24.5 Å². The van der Waals surface area contributed by atoms with Crippen LogP contribution in [0, 0.1) is 0 Å². The summed E-state index contributed by atoms with van der Waals surface area (Å²) in [6, 6.07) is 3.65. The first-order valence-electron chi connectivity index (χ1n) is 6.21. The molecule has 1 aromatic heterocycles. The van der Waals surface area contributed by atoms with Crippen molar-refractivity contribution in [3.05, 3.63) is 24.5 Å². The van der Waals surface area contributed by atoms with Gasteiger partial charge in [-0.1, -0.05) is 0 Å². The summed E-state index contributed by atoms with van der Waals surface area (Å²) in [6.45, 7) is 3.98. The van der Waals surface area contributed by atoms with Crippen LogP contribution in [0.1, 0.15) is 13.3 Å². The van der Waals surface area contributed by atoms with Crippen molar-refractivity contribution in [1.29, 1.82) is 0 Å². The molecule has 1 aromatic rings. The Kier molecular flexibility index (Phi) is 4.52. The van der Waals surface area contributed by atoms with Crippen LogP contribution in [0.4, 0.5) is 0 Å². The highest BCUT2D eigenvalue weighted by molar-refractivity contribution is 5.77. The summed E-state index contributed by atoms with van der Waals surface area (Å²) in [4.78, 5) is 17.5. The van der Waals surface area contributed by atoms with Crippen molar-refractivity contribution in [2.24, 2.45) is 0 Å². The molecule has 2 rings (SSSR count). The van der Waals surface area contributed by atoms with E-state index in [1.54, 1.807) is 17.3 Å². The fourth-order valence-corrected chi connectivity index (χ4v) is 1.94. The van der Waals surface area contributed by atoms with Crippen LogP contribution in [0.25, 0.3) is 0 Å². The third-order valence-corrected chi connectivity index (χ3v) is 2.88. The first kappa shape index (κ1) is 12.8. The van der Waals surface area contributed by atoms with Crippen molar-refractivity contribution in [3.63, 3.8) is 0 Å². The number of ether oxygens (including phenoxy) is 2. The van der Waals surface area contributed by atoms with Crippen molar-refractivity contribution in [2.45, 2.75) is 19.4 Å². The van der Waals surface area contributed by atoms with E-state index < -0.39 is 0 Å². The zero-order valence-corrected chi connectivity index (χ0v) is 10.5. The minimum Gasteiger partial charge on any atom is -0.488 e. The number of aromatic nitrogens is 1. The molecule has 1 saturated heterocycles. The van der Waals surface area contributed by atoms with Crippen LogP contribution in [-0.4, -0.2) is 48.2 Å². The average Bonchev–Trinajstić information content (AvgIpc) is 2.86. The van der Waals surface area contributed by atoms with E-state index in [-0.39, 0.29) is 18.6 Å². The number of likely N-dealkylation sites (tertiary alicyclic amines) is 1. The normalized spacial score (nSPS) is 18.9. The molecule has 1 aliphatic rings. The second-order valence-corrected chi connectivity index (χ2v) is 4.19. The number of hydrogen-bond donors (Lipinski definition) is 0. The van der Waals surface area contributed by atoms with Gasteiger partial charge in [-0.15, -0.1) is 0 Å². The molecule has 0 aromatic carbocycles. The summed E-state index contributed by atoms with van der Waals surface area (Å²) in [7, 11) is 0. The summed E-state index contributed by atoms with van der Waals surface area (Å²) >= 11 is 0. The Labute approximate surface area is 107 Å². The third-order valence-electron chi connectivity index (χ3n) is 2.88. The Hall–Kier alpha value is -1.62. The Morgan fingerprint density at radius 2 is 2.28 bits per heavy atom. The number of amides is 1. The van der Waals surface area contributed by atoms with Gasteiger partial charge in [0.2, 0.25) is 5.91 Å². The fourth-order valence-electron chi connectivity index (χ4n) is 1.94. The zero-order chi connectivity index (χ0) is 12.8. The molecular formula is C13H18N2O3. The first-order valence-corrected chi connectivity index (χ1v) is 6.21. The molecule has 18 heavy (non-hydrogen) atoms. The predicted molar refractivity (Wildman–Crippen MR) is 66.3 cm³/mol. The van der Waals surface area contributed by atoms with Crippen LogP contribution in [0.5, 0.6) is 5.75 Å².